The summed E-state index contributed by atoms with van der Waals surface area (Å²) < 4.78 is 1.34. The van der Waals surface area contributed by atoms with E-state index in [0.717, 1.165) is 4.90 Å². The van der Waals surface area contributed by atoms with E-state index in [0.29, 0.717) is 24.6 Å². The molecule has 3 rings (SSSR count). The van der Waals surface area contributed by atoms with Gasteiger partial charge in [-0.1, -0.05) is 19.9 Å². The van der Waals surface area contributed by atoms with Crippen LogP contribution in [0.15, 0.2) is 38.8 Å². The van der Waals surface area contributed by atoms with Gasteiger partial charge in [-0.25, -0.2) is 4.79 Å². The van der Waals surface area contributed by atoms with Gasteiger partial charge >= 0.3 is 5.69 Å². The zero-order valence-electron chi connectivity index (χ0n) is 16.6. The number of H-pyrrole nitrogens is 1. The summed E-state index contributed by atoms with van der Waals surface area (Å²) in [4.78, 5) is 53.4. The first-order chi connectivity index (χ1) is 13.8. The van der Waals surface area contributed by atoms with Crippen molar-refractivity contribution in [2.45, 2.75) is 44.0 Å². The van der Waals surface area contributed by atoms with Gasteiger partial charge in [-0.3, -0.25) is 23.9 Å². The summed E-state index contributed by atoms with van der Waals surface area (Å²) >= 11 is 1.54. The molecule has 2 amide bonds. The molecule has 1 atom stereocenters. The van der Waals surface area contributed by atoms with E-state index in [2.05, 4.69) is 15.6 Å². The van der Waals surface area contributed by atoms with Crippen LogP contribution in [0.25, 0.3) is 0 Å². The molecule has 0 unspecified atom stereocenters. The number of anilines is 2. The summed E-state index contributed by atoms with van der Waals surface area (Å²) in [5, 5.41) is 5.41. The Kier molecular flexibility index (Phi) is 6.26. The quantitative estimate of drug-likeness (QED) is 0.626. The summed E-state index contributed by atoms with van der Waals surface area (Å²) in [6.45, 7) is 4.36. The van der Waals surface area contributed by atoms with Crippen molar-refractivity contribution in [3.05, 3.63) is 50.7 Å². The predicted octanol–water partition coefficient (Wildman–Crippen LogP) is 2.37. The van der Waals surface area contributed by atoms with Crippen LogP contribution in [-0.2, 0) is 16.1 Å². The van der Waals surface area contributed by atoms with Gasteiger partial charge < -0.3 is 10.6 Å². The molecule has 2 heterocycles. The molecule has 0 saturated heterocycles. The van der Waals surface area contributed by atoms with E-state index in [1.54, 1.807) is 6.07 Å². The molecule has 0 saturated carbocycles. The Morgan fingerprint density at radius 2 is 2.07 bits per heavy atom. The van der Waals surface area contributed by atoms with Crippen LogP contribution in [0, 0.1) is 5.92 Å². The molecule has 3 N–H and O–H groups in total. The highest BCUT2D eigenvalue weighted by molar-refractivity contribution is 7.98. The normalized spacial score (nSPS) is 15.7. The molecule has 1 aliphatic rings. The van der Waals surface area contributed by atoms with E-state index >= 15 is 0 Å². The Bertz CT molecular complexity index is 1060. The number of aromatic nitrogens is 2. The van der Waals surface area contributed by atoms with Crippen molar-refractivity contribution in [1.82, 2.24) is 9.55 Å². The fourth-order valence-electron chi connectivity index (χ4n) is 3.27. The van der Waals surface area contributed by atoms with Gasteiger partial charge in [0.25, 0.3) is 5.56 Å². The molecule has 0 spiro atoms. The molecule has 9 heteroatoms. The fraction of sp³-hybridized carbons (Fsp3) is 0.400. The lowest BCUT2D eigenvalue weighted by molar-refractivity contribution is -0.123. The Labute approximate surface area is 172 Å². The van der Waals surface area contributed by atoms with Crippen LogP contribution in [-0.4, -0.2) is 27.6 Å². The lowest BCUT2D eigenvalue weighted by Crippen LogP contribution is -2.42. The second kappa shape index (κ2) is 8.69. The van der Waals surface area contributed by atoms with Gasteiger partial charge in [0.2, 0.25) is 11.8 Å². The van der Waals surface area contributed by atoms with E-state index < -0.39 is 29.0 Å². The molecule has 8 nitrogen and oxygen atoms in total. The molecule has 1 aromatic carbocycles. The van der Waals surface area contributed by atoms with Crippen molar-refractivity contribution in [3.63, 3.8) is 0 Å². The number of carbonyl (C=O) groups is 2. The molecule has 0 aliphatic carbocycles. The number of benzene rings is 1. The summed E-state index contributed by atoms with van der Waals surface area (Å²) in [6.07, 6.45) is 2.46. The number of hydrogen-bond donors (Lipinski definition) is 3. The fourth-order valence-corrected chi connectivity index (χ4v) is 3.73. The van der Waals surface area contributed by atoms with Crippen LogP contribution in [0.5, 0.6) is 0 Å². The van der Waals surface area contributed by atoms with E-state index in [1.807, 2.05) is 38.3 Å². The highest BCUT2D eigenvalue weighted by Crippen LogP contribution is 2.30. The number of amides is 2. The number of nitrogens with one attached hydrogen (secondary N) is 3. The van der Waals surface area contributed by atoms with Crippen LogP contribution in [0.4, 0.5) is 11.5 Å². The maximum absolute atomic E-state index is 13.0. The number of nitrogens with zero attached hydrogens (tertiary/aromatic N) is 1. The van der Waals surface area contributed by atoms with Gasteiger partial charge in [0.05, 0.1) is 11.5 Å². The molecular weight excluding hydrogens is 392 g/mol. The highest BCUT2D eigenvalue weighted by Gasteiger charge is 2.35. The molecule has 2 aromatic rings. The molecule has 29 heavy (non-hydrogen) atoms. The van der Waals surface area contributed by atoms with Gasteiger partial charge in [-0.2, -0.15) is 0 Å². The average molecular weight is 417 g/mol. The number of rotatable bonds is 6. The highest BCUT2D eigenvalue weighted by atomic mass is 32.2. The zero-order valence-corrected chi connectivity index (χ0v) is 17.4. The third kappa shape index (κ3) is 4.61. The zero-order chi connectivity index (χ0) is 21.1. The van der Waals surface area contributed by atoms with Crippen LogP contribution in [0.1, 0.15) is 38.2 Å². The van der Waals surface area contributed by atoms with Crippen molar-refractivity contribution >= 4 is 35.1 Å². The van der Waals surface area contributed by atoms with Crippen molar-refractivity contribution in [2.75, 3.05) is 16.9 Å². The minimum absolute atomic E-state index is 0.117. The van der Waals surface area contributed by atoms with E-state index in [-0.39, 0.29) is 17.8 Å². The molecule has 0 fully saturated rings. The Morgan fingerprint density at radius 3 is 2.76 bits per heavy atom. The van der Waals surface area contributed by atoms with E-state index in [1.165, 1.54) is 16.3 Å². The Balaban J connectivity index is 1.99. The third-order valence-electron chi connectivity index (χ3n) is 4.81. The van der Waals surface area contributed by atoms with Crippen molar-refractivity contribution in [1.29, 1.82) is 0 Å². The van der Waals surface area contributed by atoms with E-state index in [9.17, 15) is 19.2 Å². The van der Waals surface area contributed by atoms with Gasteiger partial charge in [0.15, 0.2) is 0 Å². The minimum Gasteiger partial charge on any atom is -0.326 e. The van der Waals surface area contributed by atoms with Crippen molar-refractivity contribution in [2.24, 2.45) is 5.92 Å². The lowest BCUT2D eigenvalue weighted by atomic mass is 9.92. The Hall–Kier alpha value is -2.81. The SMILES string of the molecule is CSc1cccc(NC(=O)[C@H]2CC(=O)Nc3c2c(=O)[nH]c(=O)n3CCC(C)C)c1. The van der Waals surface area contributed by atoms with Crippen molar-refractivity contribution in [3.8, 4) is 0 Å². The van der Waals surface area contributed by atoms with Crippen LogP contribution >= 0.6 is 11.8 Å². The first kappa shape index (κ1) is 20.9. The molecule has 0 radical (unpaired) electrons. The number of fused-ring (bicyclic) bond motifs is 1. The second-order valence-electron chi connectivity index (χ2n) is 7.38. The largest absolute Gasteiger partial charge is 0.329 e. The van der Waals surface area contributed by atoms with Crippen LogP contribution < -0.4 is 21.9 Å². The predicted molar refractivity (Wildman–Crippen MR) is 114 cm³/mol. The first-order valence-corrected chi connectivity index (χ1v) is 10.6. The number of thioether (sulfide) groups is 1. The Morgan fingerprint density at radius 1 is 1.31 bits per heavy atom. The van der Waals surface area contributed by atoms with Crippen LogP contribution in [0.3, 0.4) is 0 Å². The molecule has 1 aromatic heterocycles. The second-order valence-corrected chi connectivity index (χ2v) is 8.26. The topological polar surface area (TPSA) is 113 Å². The smallest absolute Gasteiger partial charge is 0.326 e. The molecule has 0 bridgehead atoms. The summed E-state index contributed by atoms with van der Waals surface area (Å²) in [5.74, 6) is -1.40. The monoisotopic (exact) mass is 416 g/mol. The number of aromatic amines is 1. The third-order valence-corrected chi connectivity index (χ3v) is 5.54. The van der Waals surface area contributed by atoms with Crippen molar-refractivity contribution < 1.29 is 9.59 Å². The molecule has 1 aliphatic heterocycles. The first-order valence-electron chi connectivity index (χ1n) is 9.42. The maximum Gasteiger partial charge on any atom is 0.329 e. The van der Waals surface area contributed by atoms with Crippen LogP contribution in [0.2, 0.25) is 0 Å². The summed E-state index contributed by atoms with van der Waals surface area (Å²) in [5.41, 5.74) is -0.544. The lowest BCUT2D eigenvalue weighted by Gasteiger charge is -2.26. The summed E-state index contributed by atoms with van der Waals surface area (Å²) in [7, 11) is 0. The maximum atomic E-state index is 13.0. The standard InChI is InChI=1S/C20H24N4O4S/c1-11(2)7-8-24-17-16(19(27)23-20(24)28)14(10-15(25)22-17)18(26)21-12-5-4-6-13(9-12)29-3/h4-6,9,11,14H,7-8,10H2,1-3H3,(H,21,26)(H,22,25)(H,23,27,28)/t14-/m0/s1. The minimum atomic E-state index is -0.980. The van der Waals surface area contributed by atoms with E-state index in [4.69, 9.17) is 0 Å². The number of carbonyl (C=O) groups excluding carboxylic acids is 2. The van der Waals surface area contributed by atoms with Gasteiger partial charge in [0, 0.05) is 23.5 Å². The molecular formula is C20H24N4O4S. The average Bonchev–Trinajstić information content (AvgIpc) is 2.66. The van der Waals surface area contributed by atoms with Gasteiger partial charge in [-0.15, -0.1) is 11.8 Å². The number of hydrogen-bond acceptors (Lipinski definition) is 5. The summed E-state index contributed by atoms with van der Waals surface area (Å²) in [6, 6.07) is 7.30. The molecule has 154 valence electrons. The van der Waals surface area contributed by atoms with Gasteiger partial charge in [0.1, 0.15) is 5.82 Å². The van der Waals surface area contributed by atoms with Gasteiger partial charge in [-0.05, 0) is 36.8 Å².